The summed E-state index contributed by atoms with van der Waals surface area (Å²) in [6.07, 6.45) is 0.624. The minimum absolute atomic E-state index is 0.0936. The summed E-state index contributed by atoms with van der Waals surface area (Å²) in [5.74, 6) is -0.295. The van der Waals surface area contributed by atoms with Crippen molar-refractivity contribution in [2.45, 2.75) is 30.3 Å². The van der Waals surface area contributed by atoms with Gasteiger partial charge in [-0.2, -0.15) is 4.31 Å². The van der Waals surface area contributed by atoms with Gasteiger partial charge in [-0.25, -0.2) is 8.42 Å². The average molecular weight is 568 g/mol. The predicted molar refractivity (Wildman–Crippen MR) is 149 cm³/mol. The van der Waals surface area contributed by atoms with Crippen LogP contribution in [0, 0.1) is 5.92 Å². The summed E-state index contributed by atoms with van der Waals surface area (Å²) < 4.78 is 33.5. The molecule has 3 aromatic carbocycles. The number of hydrogen-bond donors (Lipinski definition) is 1. The lowest BCUT2D eigenvalue weighted by molar-refractivity contribution is -0.129. The van der Waals surface area contributed by atoms with Gasteiger partial charge in [0.05, 0.1) is 17.1 Å². The minimum atomic E-state index is -3.67. The van der Waals surface area contributed by atoms with Gasteiger partial charge in [-0.1, -0.05) is 54.1 Å². The molecule has 5 rings (SSSR count). The summed E-state index contributed by atoms with van der Waals surface area (Å²) in [5.41, 5.74) is 1.74. The second-order valence-electron chi connectivity index (χ2n) is 9.68. The van der Waals surface area contributed by atoms with Gasteiger partial charge in [-0.05, 0) is 61.2 Å². The summed E-state index contributed by atoms with van der Waals surface area (Å²) in [6.45, 7) is 1.02. The minimum Gasteiger partial charge on any atom is -0.477 e. The monoisotopic (exact) mass is 567 g/mol. The molecule has 39 heavy (non-hydrogen) atoms. The maximum Gasteiger partial charge on any atom is 0.262 e. The molecule has 204 valence electrons. The highest BCUT2D eigenvalue weighted by Crippen LogP contribution is 2.36. The molecule has 1 N–H and O–H groups in total. The number of piperidine rings is 1. The van der Waals surface area contributed by atoms with Crippen LogP contribution in [0.2, 0.25) is 5.02 Å². The number of fused-ring (bicyclic) bond motifs is 1. The van der Waals surface area contributed by atoms with Crippen LogP contribution in [0.15, 0.2) is 83.8 Å². The van der Waals surface area contributed by atoms with Crippen LogP contribution >= 0.6 is 11.6 Å². The summed E-state index contributed by atoms with van der Waals surface area (Å²) in [6, 6.07) is 23.1. The number of halogens is 1. The van der Waals surface area contributed by atoms with Gasteiger partial charge in [0.1, 0.15) is 5.75 Å². The van der Waals surface area contributed by atoms with Crippen molar-refractivity contribution < 1.29 is 22.7 Å². The molecule has 2 amide bonds. The largest absolute Gasteiger partial charge is 0.477 e. The fourth-order valence-electron chi connectivity index (χ4n) is 4.99. The van der Waals surface area contributed by atoms with Crippen molar-refractivity contribution >= 4 is 39.1 Å². The molecule has 10 heteroatoms. The fraction of sp³-hybridized carbons (Fsp3) is 0.310. The molecule has 0 saturated carbocycles. The number of carbonyl (C=O) groups excluding carboxylic acids is 2. The molecule has 0 aromatic heterocycles. The Bertz CT molecular complexity index is 1420. The topological polar surface area (TPSA) is 96.0 Å². The first-order valence-electron chi connectivity index (χ1n) is 13.0. The number of rotatable bonds is 7. The zero-order chi connectivity index (χ0) is 27.4. The van der Waals surface area contributed by atoms with E-state index in [0.29, 0.717) is 42.3 Å². The Kier molecular flexibility index (Phi) is 8.20. The number of sulfonamides is 1. The van der Waals surface area contributed by atoms with Crippen LogP contribution in [0.3, 0.4) is 0 Å². The Morgan fingerprint density at radius 1 is 0.923 bits per heavy atom. The smallest absolute Gasteiger partial charge is 0.262 e. The van der Waals surface area contributed by atoms with Crippen LogP contribution < -0.4 is 15.0 Å². The number of anilines is 1. The molecule has 1 unspecified atom stereocenters. The molecular weight excluding hydrogens is 538 g/mol. The molecule has 1 atom stereocenters. The number of carbonyl (C=O) groups is 2. The molecule has 2 aliphatic rings. The van der Waals surface area contributed by atoms with Crippen molar-refractivity contribution in [3.05, 3.63) is 89.4 Å². The maximum atomic E-state index is 13.7. The third-order valence-corrected chi connectivity index (χ3v) is 9.31. The van der Waals surface area contributed by atoms with E-state index in [1.165, 1.54) is 16.4 Å². The van der Waals surface area contributed by atoms with Gasteiger partial charge in [0.2, 0.25) is 15.9 Å². The van der Waals surface area contributed by atoms with E-state index in [4.69, 9.17) is 16.3 Å². The quantitative estimate of drug-likeness (QED) is 0.467. The molecule has 0 radical (unpaired) electrons. The van der Waals surface area contributed by atoms with E-state index in [9.17, 15) is 18.0 Å². The van der Waals surface area contributed by atoms with Crippen LogP contribution in [0.1, 0.15) is 18.4 Å². The first-order valence-corrected chi connectivity index (χ1v) is 14.8. The molecule has 2 aliphatic heterocycles. The predicted octanol–water partition coefficient (Wildman–Crippen LogP) is 3.89. The summed E-state index contributed by atoms with van der Waals surface area (Å²) >= 11 is 5.91. The summed E-state index contributed by atoms with van der Waals surface area (Å²) in [7, 11) is -3.67. The number of nitrogens with zero attached hydrogens (tertiary/aromatic N) is 2. The van der Waals surface area contributed by atoms with Crippen molar-refractivity contribution in [1.29, 1.82) is 0 Å². The standard InChI is InChI=1S/C29H30ClN3O5S/c30-23-10-12-24(13-11-23)39(36,37)32-18-15-22(16-19-32)29(35)33-20-27(38-26-9-5-4-8-25(26)33)28(34)31-17-14-21-6-2-1-3-7-21/h1-13,22,27H,14-20H2,(H,31,34). The van der Waals surface area contributed by atoms with E-state index in [-0.39, 0.29) is 42.3 Å². The molecule has 3 aromatic rings. The third-order valence-electron chi connectivity index (χ3n) is 7.14. The van der Waals surface area contributed by atoms with Crippen LogP contribution in [0.25, 0.3) is 0 Å². The first kappa shape index (κ1) is 27.2. The summed E-state index contributed by atoms with van der Waals surface area (Å²) in [5, 5.41) is 3.39. The zero-order valence-corrected chi connectivity index (χ0v) is 22.9. The van der Waals surface area contributed by atoms with Crippen LogP contribution in [0.5, 0.6) is 5.75 Å². The Morgan fingerprint density at radius 3 is 2.31 bits per heavy atom. The lowest BCUT2D eigenvalue weighted by Gasteiger charge is -2.38. The average Bonchev–Trinajstić information content (AvgIpc) is 2.97. The molecule has 1 fully saturated rings. The highest BCUT2D eigenvalue weighted by Gasteiger charge is 2.39. The van der Waals surface area contributed by atoms with E-state index in [1.54, 1.807) is 35.2 Å². The number of ether oxygens (including phenoxy) is 1. The van der Waals surface area contributed by atoms with Crippen molar-refractivity contribution in [1.82, 2.24) is 9.62 Å². The summed E-state index contributed by atoms with van der Waals surface area (Å²) in [4.78, 5) is 28.5. The van der Waals surface area contributed by atoms with Crippen molar-refractivity contribution in [3.63, 3.8) is 0 Å². The molecule has 8 nitrogen and oxygen atoms in total. The number of benzene rings is 3. The van der Waals surface area contributed by atoms with Gasteiger partial charge in [0.25, 0.3) is 5.91 Å². The Hall–Kier alpha value is -3.40. The number of para-hydroxylation sites is 2. The highest BCUT2D eigenvalue weighted by atomic mass is 35.5. The van der Waals surface area contributed by atoms with Gasteiger partial charge in [-0.15, -0.1) is 0 Å². The normalized spacial score (nSPS) is 18.2. The fourth-order valence-corrected chi connectivity index (χ4v) is 6.58. The van der Waals surface area contributed by atoms with Gasteiger partial charge < -0.3 is 15.0 Å². The first-order chi connectivity index (χ1) is 18.8. The molecule has 0 bridgehead atoms. The van der Waals surface area contributed by atoms with E-state index in [1.807, 2.05) is 36.4 Å². The van der Waals surface area contributed by atoms with Gasteiger partial charge >= 0.3 is 0 Å². The van der Waals surface area contributed by atoms with Crippen LogP contribution in [-0.4, -0.2) is 56.8 Å². The zero-order valence-electron chi connectivity index (χ0n) is 21.3. The molecular formula is C29H30ClN3O5S. The Labute approximate surface area is 233 Å². The SMILES string of the molecule is O=C(NCCc1ccccc1)C1CN(C(=O)C2CCN(S(=O)(=O)c3ccc(Cl)cc3)CC2)c2ccccc2O1. The molecule has 0 spiro atoms. The molecule has 2 heterocycles. The molecule has 1 saturated heterocycles. The van der Waals surface area contributed by atoms with Gasteiger partial charge in [0.15, 0.2) is 6.10 Å². The van der Waals surface area contributed by atoms with Gasteiger partial charge in [-0.3, -0.25) is 9.59 Å². The van der Waals surface area contributed by atoms with Crippen molar-refractivity contribution in [2.24, 2.45) is 5.92 Å². The van der Waals surface area contributed by atoms with Crippen molar-refractivity contribution in [3.8, 4) is 5.75 Å². The van der Waals surface area contributed by atoms with E-state index >= 15 is 0 Å². The Balaban J connectivity index is 1.23. The van der Waals surface area contributed by atoms with Crippen LogP contribution in [-0.2, 0) is 26.0 Å². The molecule has 0 aliphatic carbocycles. The van der Waals surface area contributed by atoms with Crippen molar-refractivity contribution in [2.75, 3.05) is 31.1 Å². The van der Waals surface area contributed by atoms with Gasteiger partial charge in [0, 0.05) is 30.6 Å². The lowest BCUT2D eigenvalue weighted by atomic mass is 9.95. The van der Waals surface area contributed by atoms with E-state index < -0.39 is 16.1 Å². The number of hydrogen-bond acceptors (Lipinski definition) is 5. The maximum absolute atomic E-state index is 13.7. The highest BCUT2D eigenvalue weighted by molar-refractivity contribution is 7.89. The second-order valence-corrected chi connectivity index (χ2v) is 12.1. The number of nitrogens with one attached hydrogen (secondary N) is 1. The third kappa shape index (κ3) is 6.11. The number of amides is 2. The second kappa shape index (κ2) is 11.8. The Morgan fingerprint density at radius 2 is 1.59 bits per heavy atom. The van der Waals surface area contributed by atoms with Crippen LogP contribution in [0.4, 0.5) is 5.69 Å². The lowest BCUT2D eigenvalue weighted by Crippen LogP contribution is -2.53. The van der Waals surface area contributed by atoms with E-state index in [2.05, 4.69) is 5.32 Å². The van der Waals surface area contributed by atoms with E-state index in [0.717, 1.165) is 5.56 Å².